The fourth-order valence-corrected chi connectivity index (χ4v) is 4.22. The molecule has 1 fully saturated rings. The number of allylic oxidation sites excluding steroid dienone is 1. The van der Waals surface area contributed by atoms with Crippen LogP contribution in [0.2, 0.25) is 19.6 Å². The van der Waals surface area contributed by atoms with Crippen molar-refractivity contribution in [3.05, 3.63) is 11.3 Å². The SMILES string of the molecule is CC(C)(C)OC(=O)NC1C(=O)N2C(C(=O)O)=C(C#C[Si](C)(C)C)C(C(C)(C)C)CC12. The van der Waals surface area contributed by atoms with Crippen molar-refractivity contribution in [3.63, 3.8) is 0 Å². The Balaban J connectivity index is 2.46. The van der Waals surface area contributed by atoms with Crippen molar-refractivity contribution < 1.29 is 24.2 Å². The zero-order valence-corrected chi connectivity index (χ0v) is 20.5. The molecule has 0 bridgehead atoms. The molecule has 2 aliphatic heterocycles. The van der Waals surface area contributed by atoms with Gasteiger partial charge in [-0.15, -0.1) is 5.54 Å². The van der Waals surface area contributed by atoms with E-state index in [1.165, 1.54) is 4.90 Å². The van der Waals surface area contributed by atoms with Crippen molar-refractivity contribution in [2.75, 3.05) is 0 Å². The number of aliphatic carboxylic acids is 1. The molecule has 0 aliphatic carbocycles. The number of carboxylic acids is 1. The third-order valence-corrected chi connectivity index (χ3v) is 5.91. The van der Waals surface area contributed by atoms with Crippen LogP contribution in [0.3, 0.4) is 0 Å². The first-order valence-corrected chi connectivity index (χ1v) is 13.8. The molecule has 166 valence electrons. The Labute approximate surface area is 180 Å². The number of hydrogen-bond acceptors (Lipinski definition) is 4. The molecular weight excluding hydrogens is 400 g/mol. The van der Waals surface area contributed by atoms with Crippen LogP contribution in [0.15, 0.2) is 11.3 Å². The Hall–Kier alpha value is -2.27. The van der Waals surface area contributed by atoms with Gasteiger partial charge in [0, 0.05) is 11.5 Å². The number of alkyl carbamates (subject to hydrolysis) is 1. The second-order valence-corrected chi connectivity index (χ2v) is 15.9. The lowest BCUT2D eigenvalue weighted by Crippen LogP contribution is -2.73. The van der Waals surface area contributed by atoms with Crippen LogP contribution >= 0.6 is 0 Å². The van der Waals surface area contributed by atoms with E-state index in [1.807, 2.05) is 20.8 Å². The molecule has 0 aromatic heterocycles. The average molecular weight is 435 g/mol. The minimum absolute atomic E-state index is 0.0517. The molecule has 2 aliphatic rings. The van der Waals surface area contributed by atoms with Gasteiger partial charge in [-0.2, -0.15) is 0 Å². The van der Waals surface area contributed by atoms with E-state index < -0.39 is 43.7 Å². The number of nitrogens with zero attached hydrogens (tertiary/aromatic N) is 1. The van der Waals surface area contributed by atoms with Crippen molar-refractivity contribution in [2.45, 2.75) is 85.3 Å². The minimum atomic E-state index is -1.76. The van der Waals surface area contributed by atoms with Crippen molar-refractivity contribution >= 4 is 26.0 Å². The third-order valence-electron chi connectivity index (χ3n) is 5.03. The Morgan fingerprint density at radius 1 is 1.17 bits per heavy atom. The predicted octanol–water partition coefficient (Wildman–Crippen LogP) is 3.38. The number of carbonyl (C=O) groups excluding carboxylic acids is 2. The molecule has 0 aromatic rings. The zero-order valence-electron chi connectivity index (χ0n) is 19.5. The van der Waals surface area contributed by atoms with Gasteiger partial charge in [0.1, 0.15) is 25.4 Å². The van der Waals surface area contributed by atoms with Gasteiger partial charge in [0.25, 0.3) is 5.91 Å². The Morgan fingerprint density at radius 3 is 2.17 bits per heavy atom. The number of amides is 2. The smallest absolute Gasteiger partial charge is 0.408 e. The average Bonchev–Trinajstić information content (AvgIpc) is 2.52. The van der Waals surface area contributed by atoms with Crippen LogP contribution in [0.5, 0.6) is 0 Å². The highest BCUT2D eigenvalue weighted by atomic mass is 28.3. The van der Waals surface area contributed by atoms with Gasteiger partial charge in [-0.3, -0.25) is 9.69 Å². The summed E-state index contributed by atoms with van der Waals surface area (Å²) in [5.74, 6) is 1.39. The molecule has 3 unspecified atom stereocenters. The molecule has 0 radical (unpaired) electrons. The number of hydrogen-bond donors (Lipinski definition) is 2. The van der Waals surface area contributed by atoms with Crippen LogP contribution in [0.1, 0.15) is 48.0 Å². The summed E-state index contributed by atoms with van der Waals surface area (Å²) in [5.41, 5.74) is 2.77. The van der Waals surface area contributed by atoms with Crippen LogP contribution in [0.25, 0.3) is 0 Å². The molecule has 8 heteroatoms. The van der Waals surface area contributed by atoms with E-state index in [9.17, 15) is 19.5 Å². The van der Waals surface area contributed by atoms with Gasteiger partial charge in [0.15, 0.2) is 0 Å². The molecule has 2 rings (SSSR count). The first-order chi connectivity index (χ1) is 13.4. The summed E-state index contributed by atoms with van der Waals surface area (Å²) < 4.78 is 5.27. The second-order valence-electron chi connectivity index (χ2n) is 11.1. The second kappa shape index (κ2) is 7.77. The molecule has 0 spiro atoms. The van der Waals surface area contributed by atoms with Gasteiger partial charge in [0.05, 0.1) is 6.04 Å². The summed E-state index contributed by atoms with van der Waals surface area (Å²) in [7, 11) is -1.76. The van der Waals surface area contributed by atoms with E-state index in [0.29, 0.717) is 12.0 Å². The number of carbonyl (C=O) groups is 3. The van der Waals surface area contributed by atoms with Gasteiger partial charge in [-0.25, -0.2) is 9.59 Å². The first-order valence-electron chi connectivity index (χ1n) is 10.3. The lowest BCUT2D eigenvalue weighted by molar-refractivity contribution is -0.155. The predicted molar refractivity (Wildman–Crippen MR) is 117 cm³/mol. The van der Waals surface area contributed by atoms with E-state index in [4.69, 9.17) is 4.74 Å². The Morgan fingerprint density at radius 2 is 1.73 bits per heavy atom. The Bertz CT molecular complexity index is 846. The van der Waals surface area contributed by atoms with E-state index in [-0.39, 0.29) is 17.0 Å². The Kier molecular flexibility index (Phi) is 6.21. The summed E-state index contributed by atoms with van der Waals surface area (Å²) in [6.45, 7) is 17.6. The van der Waals surface area contributed by atoms with E-state index >= 15 is 0 Å². The van der Waals surface area contributed by atoms with Gasteiger partial charge in [-0.05, 0) is 32.6 Å². The molecule has 2 amide bonds. The molecule has 3 atom stereocenters. The van der Waals surface area contributed by atoms with Crippen LogP contribution in [0, 0.1) is 22.8 Å². The summed E-state index contributed by atoms with van der Waals surface area (Å²) >= 11 is 0. The molecule has 1 saturated heterocycles. The number of nitrogens with one attached hydrogen (secondary N) is 1. The molecule has 2 heterocycles. The zero-order chi connectivity index (χ0) is 23.2. The summed E-state index contributed by atoms with van der Waals surface area (Å²) in [4.78, 5) is 38.5. The van der Waals surface area contributed by atoms with Crippen LogP contribution < -0.4 is 5.32 Å². The molecule has 7 nitrogen and oxygen atoms in total. The maximum absolute atomic E-state index is 12.8. The van der Waals surface area contributed by atoms with Crippen molar-refractivity contribution in [2.24, 2.45) is 11.3 Å². The number of fused-ring (bicyclic) bond motifs is 1. The van der Waals surface area contributed by atoms with Crippen molar-refractivity contribution in [1.82, 2.24) is 10.2 Å². The van der Waals surface area contributed by atoms with Gasteiger partial charge >= 0.3 is 12.1 Å². The molecule has 0 saturated carbocycles. The molecular formula is C22H34N2O5Si. The van der Waals surface area contributed by atoms with E-state index in [2.05, 4.69) is 36.4 Å². The van der Waals surface area contributed by atoms with Gasteiger partial charge in [0.2, 0.25) is 0 Å². The highest BCUT2D eigenvalue weighted by molar-refractivity contribution is 6.83. The molecule has 0 aromatic carbocycles. The van der Waals surface area contributed by atoms with Crippen molar-refractivity contribution in [1.29, 1.82) is 0 Å². The van der Waals surface area contributed by atoms with E-state index in [0.717, 1.165) is 0 Å². The lowest BCUT2D eigenvalue weighted by atomic mass is 9.67. The van der Waals surface area contributed by atoms with Crippen molar-refractivity contribution in [3.8, 4) is 11.5 Å². The number of β-lactam (4-membered cyclic amide) rings is 1. The number of ether oxygens (including phenoxy) is 1. The topological polar surface area (TPSA) is 95.9 Å². The maximum atomic E-state index is 12.8. The van der Waals surface area contributed by atoms with Crippen LogP contribution in [-0.4, -0.2) is 53.7 Å². The summed E-state index contributed by atoms with van der Waals surface area (Å²) in [6, 6.07) is -1.23. The standard InChI is InChI=1S/C22H34N2O5Si/c1-21(2,3)14-12-15-16(23-20(28)29-22(4,5)6)18(25)24(15)17(19(26)27)13(14)10-11-30(7,8)9/h14-16H,12H2,1-9H3,(H,23,28)(H,26,27). The largest absolute Gasteiger partial charge is 0.477 e. The third kappa shape index (κ3) is 5.25. The van der Waals surface area contributed by atoms with Gasteiger partial charge in [-0.1, -0.05) is 46.3 Å². The quantitative estimate of drug-likeness (QED) is 0.395. The summed E-state index contributed by atoms with van der Waals surface area (Å²) in [6.07, 6.45) is -0.152. The maximum Gasteiger partial charge on any atom is 0.408 e. The molecule has 2 N–H and O–H groups in total. The highest BCUT2D eigenvalue weighted by Gasteiger charge is 2.57. The number of rotatable bonds is 2. The van der Waals surface area contributed by atoms with Crippen LogP contribution in [0.4, 0.5) is 4.79 Å². The minimum Gasteiger partial charge on any atom is -0.477 e. The first kappa shape index (κ1) is 24.0. The fraction of sp³-hybridized carbons (Fsp3) is 0.682. The fourth-order valence-electron chi connectivity index (χ4n) is 3.71. The van der Waals surface area contributed by atoms with Gasteiger partial charge < -0.3 is 15.2 Å². The highest BCUT2D eigenvalue weighted by Crippen LogP contribution is 2.46. The number of carboxylic acid groups (broad SMARTS) is 1. The normalized spacial score (nSPS) is 24.4. The van der Waals surface area contributed by atoms with Crippen LogP contribution in [-0.2, 0) is 14.3 Å². The summed E-state index contributed by atoms with van der Waals surface area (Å²) in [5, 5.41) is 12.6. The molecule has 30 heavy (non-hydrogen) atoms. The lowest BCUT2D eigenvalue weighted by Gasteiger charge is -2.53. The van der Waals surface area contributed by atoms with E-state index in [1.54, 1.807) is 20.8 Å². The monoisotopic (exact) mass is 434 g/mol.